The average Bonchev–Trinajstić information content (AvgIpc) is 2.06. The van der Waals surface area contributed by atoms with Gasteiger partial charge < -0.3 is 9.52 Å². The molecule has 66 valence electrons. The van der Waals surface area contributed by atoms with Gasteiger partial charge in [-0.2, -0.15) is 0 Å². The molecule has 0 saturated heterocycles. The summed E-state index contributed by atoms with van der Waals surface area (Å²) in [4.78, 5) is 11.3. The molecule has 0 fully saturated rings. The fourth-order valence-electron chi connectivity index (χ4n) is 1.30. The largest absolute Gasteiger partial charge is 0.508 e. The number of benzene rings is 1. The van der Waals surface area contributed by atoms with Crippen LogP contribution >= 0.6 is 0 Å². The predicted molar refractivity (Wildman–Crippen MR) is 48.9 cm³/mol. The van der Waals surface area contributed by atoms with Crippen molar-refractivity contribution in [2.24, 2.45) is 0 Å². The van der Waals surface area contributed by atoms with E-state index >= 15 is 0 Å². The van der Waals surface area contributed by atoms with Crippen molar-refractivity contribution >= 4 is 10.8 Å². The molecular formula is C10H8O3. The topological polar surface area (TPSA) is 50.4 Å². The minimum atomic E-state index is -0.411. The van der Waals surface area contributed by atoms with Crippen LogP contribution in [0.2, 0.25) is 0 Å². The van der Waals surface area contributed by atoms with Gasteiger partial charge in [-0.1, -0.05) is 6.07 Å². The van der Waals surface area contributed by atoms with E-state index in [1.807, 2.05) is 0 Å². The Labute approximate surface area is 74.2 Å². The standard InChI is InChI=1S/C10H8O3/c1-6-4-7-2-3-8(11)5-9(7)10(12)13-6/h2-5,11H,1H3. The van der Waals surface area contributed by atoms with Crippen molar-refractivity contribution in [2.45, 2.75) is 6.92 Å². The zero-order chi connectivity index (χ0) is 9.42. The van der Waals surface area contributed by atoms with E-state index in [-0.39, 0.29) is 5.75 Å². The maximum atomic E-state index is 11.3. The number of rotatable bonds is 0. The maximum Gasteiger partial charge on any atom is 0.343 e. The van der Waals surface area contributed by atoms with Crippen molar-refractivity contribution in [2.75, 3.05) is 0 Å². The number of aromatic hydroxyl groups is 1. The van der Waals surface area contributed by atoms with Gasteiger partial charge in [0, 0.05) is 0 Å². The number of phenolic OH excluding ortho intramolecular Hbond substituents is 1. The molecule has 2 aromatic rings. The Bertz CT molecular complexity index is 511. The molecule has 13 heavy (non-hydrogen) atoms. The maximum absolute atomic E-state index is 11.3. The number of hydrogen-bond acceptors (Lipinski definition) is 3. The van der Waals surface area contributed by atoms with Gasteiger partial charge in [0.15, 0.2) is 0 Å². The lowest BCUT2D eigenvalue weighted by molar-refractivity contribution is 0.473. The first-order valence-electron chi connectivity index (χ1n) is 3.90. The minimum absolute atomic E-state index is 0.0728. The summed E-state index contributed by atoms with van der Waals surface area (Å²) < 4.78 is 4.88. The van der Waals surface area contributed by atoms with Gasteiger partial charge in [-0.05, 0) is 30.5 Å². The molecule has 1 aromatic carbocycles. The third kappa shape index (κ3) is 1.28. The summed E-state index contributed by atoms with van der Waals surface area (Å²) in [6.45, 7) is 1.72. The molecule has 0 bridgehead atoms. The molecule has 0 aliphatic rings. The fraction of sp³-hybridized carbons (Fsp3) is 0.100. The second kappa shape index (κ2) is 2.62. The summed E-state index contributed by atoms with van der Waals surface area (Å²) >= 11 is 0. The second-order valence-corrected chi connectivity index (χ2v) is 2.92. The van der Waals surface area contributed by atoms with Crippen molar-refractivity contribution in [3.63, 3.8) is 0 Å². The van der Waals surface area contributed by atoms with Crippen molar-refractivity contribution in [1.82, 2.24) is 0 Å². The van der Waals surface area contributed by atoms with Gasteiger partial charge in [0.05, 0.1) is 5.39 Å². The summed E-state index contributed by atoms with van der Waals surface area (Å²) in [6.07, 6.45) is 0. The molecule has 0 spiro atoms. The first-order chi connectivity index (χ1) is 6.16. The molecule has 3 heteroatoms. The Morgan fingerprint density at radius 3 is 2.85 bits per heavy atom. The van der Waals surface area contributed by atoms with E-state index in [1.54, 1.807) is 25.1 Å². The van der Waals surface area contributed by atoms with E-state index in [4.69, 9.17) is 9.52 Å². The van der Waals surface area contributed by atoms with E-state index in [1.165, 1.54) is 6.07 Å². The number of aryl methyl sites for hydroxylation is 1. The van der Waals surface area contributed by atoms with Crippen LogP contribution in [-0.2, 0) is 0 Å². The number of phenols is 1. The molecule has 0 unspecified atom stereocenters. The molecule has 0 aliphatic carbocycles. The van der Waals surface area contributed by atoms with Crippen LogP contribution < -0.4 is 5.63 Å². The van der Waals surface area contributed by atoms with Gasteiger partial charge in [0.25, 0.3) is 0 Å². The highest BCUT2D eigenvalue weighted by Crippen LogP contribution is 2.17. The van der Waals surface area contributed by atoms with Crippen molar-refractivity contribution in [1.29, 1.82) is 0 Å². The Morgan fingerprint density at radius 2 is 2.08 bits per heavy atom. The van der Waals surface area contributed by atoms with Gasteiger partial charge in [-0.15, -0.1) is 0 Å². The Balaban J connectivity index is 2.95. The first kappa shape index (κ1) is 7.86. The molecule has 0 amide bonds. The van der Waals surface area contributed by atoms with Gasteiger partial charge in [0.2, 0.25) is 0 Å². The van der Waals surface area contributed by atoms with Crippen LogP contribution in [0.25, 0.3) is 10.8 Å². The van der Waals surface area contributed by atoms with Crippen LogP contribution in [-0.4, -0.2) is 5.11 Å². The molecule has 1 N–H and O–H groups in total. The van der Waals surface area contributed by atoms with Crippen LogP contribution in [0.3, 0.4) is 0 Å². The van der Waals surface area contributed by atoms with Crippen LogP contribution in [0.15, 0.2) is 33.5 Å². The van der Waals surface area contributed by atoms with Crippen molar-refractivity contribution < 1.29 is 9.52 Å². The summed E-state index contributed by atoms with van der Waals surface area (Å²) in [5, 5.41) is 10.3. The van der Waals surface area contributed by atoms with Gasteiger partial charge >= 0.3 is 5.63 Å². The molecule has 0 aliphatic heterocycles. The third-order valence-electron chi connectivity index (χ3n) is 1.87. The Hall–Kier alpha value is -1.77. The van der Waals surface area contributed by atoms with Crippen LogP contribution in [0.1, 0.15) is 5.76 Å². The fourth-order valence-corrected chi connectivity index (χ4v) is 1.30. The highest BCUT2D eigenvalue weighted by molar-refractivity contribution is 5.82. The van der Waals surface area contributed by atoms with E-state index < -0.39 is 5.63 Å². The molecule has 0 saturated carbocycles. The van der Waals surface area contributed by atoms with Gasteiger partial charge in [-0.25, -0.2) is 4.79 Å². The summed E-state index contributed by atoms with van der Waals surface area (Å²) in [5.74, 6) is 0.645. The van der Waals surface area contributed by atoms with Crippen LogP contribution in [0.4, 0.5) is 0 Å². The van der Waals surface area contributed by atoms with E-state index in [9.17, 15) is 4.79 Å². The minimum Gasteiger partial charge on any atom is -0.508 e. The lowest BCUT2D eigenvalue weighted by atomic mass is 10.1. The number of hydrogen-bond donors (Lipinski definition) is 1. The van der Waals surface area contributed by atoms with Crippen LogP contribution in [0.5, 0.6) is 5.75 Å². The lowest BCUT2D eigenvalue weighted by Gasteiger charge is -1.97. The molecule has 2 rings (SSSR count). The lowest BCUT2D eigenvalue weighted by Crippen LogP contribution is -1.99. The van der Waals surface area contributed by atoms with E-state index in [0.717, 1.165) is 5.39 Å². The average molecular weight is 176 g/mol. The summed E-state index contributed by atoms with van der Waals surface area (Å²) in [5.41, 5.74) is -0.411. The Kier molecular flexibility index (Phi) is 1.59. The smallest absolute Gasteiger partial charge is 0.343 e. The molecular weight excluding hydrogens is 168 g/mol. The highest BCUT2D eigenvalue weighted by atomic mass is 16.4. The Morgan fingerprint density at radius 1 is 1.31 bits per heavy atom. The molecule has 1 aromatic heterocycles. The molecule has 3 nitrogen and oxygen atoms in total. The van der Waals surface area contributed by atoms with Gasteiger partial charge in [-0.3, -0.25) is 0 Å². The monoisotopic (exact) mass is 176 g/mol. The highest BCUT2D eigenvalue weighted by Gasteiger charge is 2.01. The molecule has 0 radical (unpaired) electrons. The zero-order valence-electron chi connectivity index (χ0n) is 7.07. The molecule has 1 heterocycles. The predicted octanol–water partition coefficient (Wildman–Crippen LogP) is 1.81. The van der Waals surface area contributed by atoms with Crippen LogP contribution in [0, 0.1) is 6.92 Å². The normalized spacial score (nSPS) is 10.5. The van der Waals surface area contributed by atoms with E-state index in [2.05, 4.69) is 0 Å². The zero-order valence-corrected chi connectivity index (χ0v) is 7.07. The second-order valence-electron chi connectivity index (χ2n) is 2.92. The third-order valence-corrected chi connectivity index (χ3v) is 1.87. The molecule has 0 atom stereocenters. The first-order valence-corrected chi connectivity index (χ1v) is 3.90. The van der Waals surface area contributed by atoms with Gasteiger partial charge in [0.1, 0.15) is 11.5 Å². The summed E-state index contributed by atoms with van der Waals surface area (Å²) in [6, 6.07) is 6.40. The SMILES string of the molecule is Cc1cc2ccc(O)cc2c(=O)o1. The van der Waals surface area contributed by atoms with Crippen molar-refractivity contribution in [3.05, 3.63) is 40.4 Å². The van der Waals surface area contributed by atoms with Crippen molar-refractivity contribution in [3.8, 4) is 5.75 Å². The quantitative estimate of drug-likeness (QED) is 0.665. The summed E-state index contributed by atoms with van der Waals surface area (Å²) in [7, 11) is 0. The van der Waals surface area contributed by atoms with E-state index in [0.29, 0.717) is 11.1 Å². The number of fused-ring (bicyclic) bond motifs is 1.